The normalized spacial score (nSPS) is 10.7. The van der Waals surface area contributed by atoms with Crippen LogP contribution < -0.4 is 10.2 Å². The van der Waals surface area contributed by atoms with Crippen molar-refractivity contribution in [2.24, 2.45) is 0 Å². The van der Waals surface area contributed by atoms with Gasteiger partial charge in [-0.25, -0.2) is 9.97 Å². The van der Waals surface area contributed by atoms with E-state index in [1.54, 1.807) is 6.26 Å². The zero-order chi connectivity index (χ0) is 19.9. The highest BCUT2D eigenvalue weighted by molar-refractivity contribution is 5.61. The third-order valence-corrected chi connectivity index (χ3v) is 4.64. The lowest BCUT2D eigenvalue weighted by molar-refractivity contribution is 0.518. The first-order chi connectivity index (χ1) is 14.3. The first-order valence-electron chi connectivity index (χ1n) is 9.59. The van der Waals surface area contributed by atoms with Gasteiger partial charge in [-0.2, -0.15) is 0 Å². The van der Waals surface area contributed by atoms with E-state index in [0.29, 0.717) is 12.4 Å². The molecule has 0 aliphatic heterocycles. The largest absolute Gasteiger partial charge is 0.467 e. The standard InChI is InChI=1S/C23H23N5O/c1-28(14-11-18-9-12-24-13-10-18)22-16-21(25-17-20-8-5-15-29-20)26-23(27-22)19-6-3-2-4-7-19/h2-10,12-13,15-16H,11,14,17H2,1H3,(H,25,26,27). The van der Waals surface area contributed by atoms with Crippen molar-refractivity contribution in [3.05, 3.63) is 90.6 Å². The zero-order valence-electron chi connectivity index (χ0n) is 16.3. The lowest BCUT2D eigenvalue weighted by atomic mass is 10.2. The van der Waals surface area contributed by atoms with Gasteiger partial charge >= 0.3 is 0 Å². The van der Waals surface area contributed by atoms with Gasteiger partial charge in [0.1, 0.15) is 17.4 Å². The van der Waals surface area contributed by atoms with Gasteiger partial charge in [-0.1, -0.05) is 30.3 Å². The van der Waals surface area contributed by atoms with E-state index in [4.69, 9.17) is 14.4 Å². The number of nitrogens with zero attached hydrogens (tertiary/aromatic N) is 4. The maximum atomic E-state index is 5.41. The van der Waals surface area contributed by atoms with Gasteiger partial charge in [-0.05, 0) is 36.2 Å². The average molecular weight is 385 g/mol. The number of rotatable bonds is 8. The first kappa shape index (κ1) is 18.7. The predicted molar refractivity (Wildman–Crippen MR) is 115 cm³/mol. The highest BCUT2D eigenvalue weighted by atomic mass is 16.3. The van der Waals surface area contributed by atoms with Crippen LogP contribution >= 0.6 is 0 Å². The molecule has 29 heavy (non-hydrogen) atoms. The molecule has 0 radical (unpaired) electrons. The lowest BCUT2D eigenvalue weighted by Crippen LogP contribution is -2.22. The fourth-order valence-electron chi connectivity index (χ4n) is 2.99. The minimum absolute atomic E-state index is 0.568. The van der Waals surface area contributed by atoms with Gasteiger partial charge < -0.3 is 14.6 Å². The van der Waals surface area contributed by atoms with E-state index >= 15 is 0 Å². The van der Waals surface area contributed by atoms with Crippen molar-refractivity contribution in [2.45, 2.75) is 13.0 Å². The van der Waals surface area contributed by atoms with Gasteiger partial charge in [-0.3, -0.25) is 4.98 Å². The molecular formula is C23H23N5O. The minimum atomic E-state index is 0.568. The summed E-state index contributed by atoms with van der Waals surface area (Å²) in [5.41, 5.74) is 2.23. The molecule has 3 aromatic heterocycles. The molecule has 0 amide bonds. The van der Waals surface area contributed by atoms with Crippen LogP contribution in [0.25, 0.3) is 11.4 Å². The zero-order valence-corrected chi connectivity index (χ0v) is 16.3. The van der Waals surface area contributed by atoms with Gasteiger partial charge in [0.25, 0.3) is 0 Å². The van der Waals surface area contributed by atoms with Crippen molar-refractivity contribution < 1.29 is 4.42 Å². The van der Waals surface area contributed by atoms with E-state index in [1.165, 1.54) is 5.56 Å². The molecule has 0 spiro atoms. The van der Waals surface area contributed by atoms with Gasteiger partial charge in [0, 0.05) is 37.6 Å². The number of benzene rings is 1. The molecule has 0 atom stereocenters. The van der Waals surface area contributed by atoms with Crippen molar-refractivity contribution in [3.8, 4) is 11.4 Å². The van der Waals surface area contributed by atoms with Gasteiger partial charge in [0.2, 0.25) is 0 Å². The van der Waals surface area contributed by atoms with Crippen molar-refractivity contribution in [3.63, 3.8) is 0 Å². The Morgan fingerprint density at radius 2 is 1.79 bits per heavy atom. The third-order valence-electron chi connectivity index (χ3n) is 4.64. The van der Waals surface area contributed by atoms with Crippen molar-refractivity contribution in [1.82, 2.24) is 15.0 Å². The maximum absolute atomic E-state index is 5.41. The first-order valence-corrected chi connectivity index (χ1v) is 9.59. The molecule has 146 valence electrons. The van der Waals surface area contributed by atoms with E-state index < -0.39 is 0 Å². The molecule has 1 aromatic carbocycles. The molecule has 0 saturated carbocycles. The summed E-state index contributed by atoms with van der Waals surface area (Å²) in [7, 11) is 2.05. The Bertz CT molecular complexity index is 1020. The number of anilines is 2. The molecule has 0 unspecified atom stereocenters. The average Bonchev–Trinajstić information content (AvgIpc) is 3.31. The van der Waals surface area contributed by atoms with Crippen LogP contribution in [0.3, 0.4) is 0 Å². The van der Waals surface area contributed by atoms with E-state index in [1.807, 2.05) is 73.1 Å². The predicted octanol–water partition coefficient (Wildman–Crippen LogP) is 4.42. The van der Waals surface area contributed by atoms with Crippen molar-refractivity contribution in [2.75, 3.05) is 23.8 Å². The number of hydrogen-bond acceptors (Lipinski definition) is 6. The van der Waals surface area contributed by atoms with Gasteiger partial charge in [-0.15, -0.1) is 0 Å². The van der Waals surface area contributed by atoms with Crippen LogP contribution in [0.5, 0.6) is 0 Å². The Morgan fingerprint density at radius 1 is 0.966 bits per heavy atom. The van der Waals surface area contributed by atoms with Crippen LogP contribution in [0, 0.1) is 0 Å². The summed E-state index contributed by atoms with van der Waals surface area (Å²) in [6, 6.07) is 19.9. The summed E-state index contributed by atoms with van der Waals surface area (Å²) in [4.78, 5) is 15.7. The molecule has 6 nitrogen and oxygen atoms in total. The molecule has 3 heterocycles. The molecule has 1 N–H and O–H groups in total. The number of pyridine rings is 1. The lowest BCUT2D eigenvalue weighted by Gasteiger charge is -2.20. The maximum Gasteiger partial charge on any atom is 0.163 e. The number of aromatic nitrogens is 3. The van der Waals surface area contributed by atoms with Crippen LogP contribution in [0.4, 0.5) is 11.6 Å². The molecule has 4 aromatic rings. The second kappa shape index (κ2) is 9.01. The van der Waals surface area contributed by atoms with E-state index in [0.717, 1.165) is 35.9 Å². The molecule has 6 heteroatoms. The van der Waals surface area contributed by atoms with Crippen molar-refractivity contribution in [1.29, 1.82) is 0 Å². The van der Waals surface area contributed by atoms with Crippen LogP contribution in [0.15, 0.2) is 83.7 Å². The van der Waals surface area contributed by atoms with E-state index in [9.17, 15) is 0 Å². The monoisotopic (exact) mass is 385 g/mol. The topological polar surface area (TPSA) is 67.1 Å². The highest BCUT2D eigenvalue weighted by Crippen LogP contribution is 2.22. The summed E-state index contributed by atoms with van der Waals surface area (Å²) < 4.78 is 5.41. The van der Waals surface area contributed by atoms with E-state index in [2.05, 4.69) is 22.2 Å². The number of hydrogen-bond donors (Lipinski definition) is 1. The van der Waals surface area contributed by atoms with E-state index in [-0.39, 0.29) is 0 Å². The molecular weight excluding hydrogens is 362 g/mol. The Balaban J connectivity index is 1.56. The SMILES string of the molecule is CN(CCc1ccncc1)c1cc(NCc2ccco2)nc(-c2ccccc2)n1. The minimum Gasteiger partial charge on any atom is -0.467 e. The van der Waals surface area contributed by atoms with Gasteiger partial charge in [0.15, 0.2) is 5.82 Å². The highest BCUT2D eigenvalue weighted by Gasteiger charge is 2.11. The Morgan fingerprint density at radius 3 is 2.55 bits per heavy atom. The smallest absolute Gasteiger partial charge is 0.163 e. The van der Waals surface area contributed by atoms with Crippen LogP contribution in [0.1, 0.15) is 11.3 Å². The molecule has 0 aliphatic rings. The molecule has 4 rings (SSSR count). The summed E-state index contributed by atoms with van der Waals surface area (Å²) >= 11 is 0. The third kappa shape index (κ3) is 4.99. The second-order valence-corrected chi connectivity index (χ2v) is 6.76. The summed E-state index contributed by atoms with van der Waals surface area (Å²) in [5, 5.41) is 3.35. The number of likely N-dealkylation sites (N-methyl/N-ethyl adjacent to an activating group) is 1. The molecule has 0 saturated heterocycles. The van der Waals surface area contributed by atoms with Gasteiger partial charge in [0.05, 0.1) is 12.8 Å². The molecule has 0 fully saturated rings. The summed E-state index contributed by atoms with van der Waals surface area (Å²) in [5.74, 6) is 3.19. The fraction of sp³-hybridized carbons (Fsp3) is 0.174. The second-order valence-electron chi connectivity index (χ2n) is 6.76. The van der Waals surface area contributed by atoms with Crippen molar-refractivity contribution >= 4 is 11.6 Å². The fourth-order valence-corrected chi connectivity index (χ4v) is 2.99. The molecule has 0 aliphatic carbocycles. The Hall–Kier alpha value is -3.67. The molecule has 0 bridgehead atoms. The Labute approximate surface area is 170 Å². The number of furan rings is 1. The summed E-state index contributed by atoms with van der Waals surface area (Å²) in [6.45, 7) is 1.41. The summed E-state index contributed by atoms with van der Waals surface area (Å²) in [6.07, 6.45) is 6.23. The van der Waals surface area contributed by atoms with Crippen LogP contribution in [0.2, 0.25) is 0 Å². The quantitative estimate of drug-likeness (QED) is 0.484. The number of nitrogens with one attached hydrogen (secondary N) is 1. The Kier molecular flexibility index (Phi) is 5.81. The van der Waals surface area contributed by atoms with Crippen LogP contribution in [-0.2, 0) is 13.0 Å². The van der Waals surface area contributed by atoms with Crippen LogP contribution in [-0.4, -0.2) is 28.5 Å².